The standard InChI is InChI=1S/C14H11Cl2N2PS/c15-19(16)17-14-18(10-11-6-2-1-3-7-11)12-8-4-5-9-13(12)20-14/h1-9H,10H2. The van der Waals surface area contributed by atoms with E-state index in [0.29, 0.717) is 0 Å². The number of thiazole rings is 1. The Morgan fingerprint density at radius 3 is 2.45 bits per heavy atom. The van der Waals surface area contributed by atoms with Gasteiger partial charge in [0, 0.05) is 0 Å². The number of fused-ring (bicyclic) bond motifs is 1. The average Bonchev–Trinajstić information content (AvgIpc) is 2.77. The van der Waals surface area contributed by atoms with Gasteiger partial charge in [-0.25, -0.2) is 4.76 Å². The van der Waals surface area contributed by atoms with Crippen molar-refractivity contribution in [1.82, 2.24) is 4.57 Å². The lowest BCUT2D eigenvalue weighted by molar-refractivity contribution is 0.805. The van der Waals surface area contributed by atoms with Crippen molar-refractivity contribution in [3.8, 4) is 0 Å². The second-order valence-corrected chi connectivity index (χ2v) is 8.32. The Hall–Kier alpha value is -0.860. The summed E-state index contributed by atoms with van der Waals surface area (Å²) >= 11 is 13.4. The normalized spacial score (nSPS) is 12.4. The van der Waals surface area contributed by atoms with E-state index in [1.54, 1.807) is 11.3 Å². The summed E-state index contributed by atoms with van der Waals surface area (Å²) in [6.45, 7) is -0.581. The number of para-hydroxylation sites is 1. The molecule has 1 aromatic heterocycles. The maximum absolute atomic E-state index is 5.87. The van der Waals surface area contributed by atoms with Gasteiger partial charge in [0.2, 0.25) is 6.78 Å². The van der Waals surface area contributed by atoms with Crippen LogP contribution in [0.25, 0.3) is 10.2 Å². The van der Waals surface area contributed by atoms with E-state index >= 15 is 0 Å². The Bertz CT molecular complexity index is 780. The van der Waals surface area contributed by atoms with Gasteiger partial charge in [0.25, 0.3) is 0 Å². The Labute approximate surface area is 131 Å². The zero-order valence-corrected chi connectivity index (χ0v) is 13.6. The molecule has 0 atom stereocenters. The van der Waals surface area contributed by atoms with Gasteiger partial charge in [-0.2, -0.15) is 0 Å². The van der Waals surface area contributed by atoms with Crippen LogP contribution in [0.1, 0.15) is 5.56 Å². The molecule has 0 aliphatic carbocycles. The van der Waals surface area contributed by atoms with Crippen molar-refractivity contribution in [2.24, 2.45) is 4.76 Å². The second-order valence-electron chi connectivity index (χ2n) is 4.24. The van der Waals surface area contributed by atoms with E-state index in [2.05, 4.69) is 33.6 Å². The molecular weight excluding hydrogens is 330 g/mol. The van der Waals surface area contributed by atoms with Gasteiger partial charge in [-0.1, -0.05) is 76.3 Å². The van der Waals surface area contributed by atoms with Crippen molar-refractivity contribution in [3.63, 3.8) is 0 Å². The number of rotatable bonds is 3. The molecule has 0 saturated heterocycles. The summed E-state index contributed by atoms with van der Waals surface area (Å²) in [5.74, 6) is 0. The quantitative estimate of drug-likeness (QED) is 0.571. The van der Waals surface area contributed by atoms with Gasteiger partial charge in [-0.15, -0.1) is 0 Å². The fourth-order valence-electron chi connectivity index (χ4n) is 2.08. The molecule has 6 heteroatoms. The Kier molecular flexibility index (Phi) is 4.42. The number of hydrogen-bond acceptors (Lipinski definition) is 2. The minimum atomic E-state index is -1.35. The third-order valence-electron chi connectivity index (χ3n) is 2.93. The lowest BCUT2D eigenvalue weighted by Crippen LogP contribution is -2.14. The van der Waals surface area contributed by atoms with E-state index in [-0.39, 0.29) is 0 Å². The summed E-state index contributed by atoms with van der Waals surface area (Å²) in [6.07, 6.45) is 0. The van der Waals surface area contributed by atoms with Crippen molar-refractivity contribution in [2.45, 2.75) is 6.54 Å². The molecule has 20 heavy (non-hydrogen) atoms. The average molecular weight is 341 g/mol. The van der Waals surface area contributed by atoms with Crippen molar-refractivity contribution < 1.29 is 0 Å². The zero-order valence-electron chi connectivity index (χ0n) is 10.4. The van der Waals surface area contributed by atoms with Gasteiger partial charge < -0.3 is 4.57 Å². The maximum Gasteiger partial charge on any atom is 0.209 e. The highest BCUT2D eigenvalue weighted by atomic mass is 35.9. The van der Waals surface area contributed by atoms with E-state index in [1.807, 2.05) is 30.3 Å². The fourth-order valence-corrected chi connectivity index (χ4v) is 4.32. The smallest absolute Gasteiger partial charge is 0.209 e. The molecule has 102 valence electrons. The first-order valence-electron chi connectivity index (χ1n) is 6.02. The van der Waals surface area contributed by atoms with Crippen molar-refractivity contribution in [2.75, 3.05) is 0 Å². The largest absolute Gasteiger partial charge is 0.312 e. The molecular formula is C14H11Cl2N2PS. The van der Waals surface area contributed by atoms with Crippen LogP contribution in [0.15, 0.2) is 59.4 Å². The van der Waals surface area contributed by atoms with Crippen molar-refractivity contribution in [1.29, 1.82) is 0 Å². The van der Waals surface area contributed by atoms with Crippen LogP contribution in [-0.2, 0) is 6.54 Å². The molecule has 1 heterocycles. The number of hydrogen-bond donors (Lipinski definition) is 0. The molecule has 2 aromatic carbocycles. The van der Waals surface area contributed by atoms with E-state index in [1.165, 1.54) is 10.3 Å². The molecule has 0 aliphatic heterocycles. The SMILES string of the molecule is ClP(Cl)N=c1sc2ccccc2n1Cc1ccccc1. The van der Waals surface area contributed by atoms with Gasteiger partial charge >= 0.3 is 0 Å². The molecule has 0 unspecified atom stereocenters. The van der Waals surface area contributed by atoms with Gasteiger partial charge in [-0.05, 0) is 17.7 Å². The lowest BCUT2D eigenvalue weighted by Gasteiger charge is -2.05. The molecule has 0 bridgehead atoms. The molecule has 0 saturated carbocycles. The van der Waals surface area contributed by atoms with Crippen LogP contribution >= 0.6 is 40.6 Å². The summed E-state index contributed by atoms with van der Waals surface area (Å²) in [5, 5.41) is 0. The zero-order chi connectivity index (χ0) is 13.9. The predicted octanol–water partition coefficient (Wildman–Crippen LogP) is 5.36. The van der Waals surface area contributed by atoms with E-state index in [9.17, 15) is 0 Å². The monoisotopic (exact) mass is 340 g/mol. The Morgan fingerprint density at radius 2 is 1.70 bits per heavy atom. The maximum atomic E-state index is 5.87. The molecule has 0 fully saturated rings. The Balaban J connectivity index is 2.16. The molecule has 0 N–H and O–H groups in total. The summed E-state index contributed by atoms with van der Waals surface area (Å²) in [5.41, 5.74) is 2.39. The van der Waals surface area contributed by atoms with Crippen molar-refractivity contribution in [3.05, 3.63) is 65.0 Å². The topological polar surface area (TPSA) is 17.3 Å². The summed E-state index contributed by atoms with van der Waals surface area (Å²) < 4.78 is 7.72. The number of halogens is 2. The number of aromatic nitrogens is 1. The van der Waals surface area contributed by atoms with Gasteiger partial charge in [0.1, 0.15) is 0 Å². The van der Waals surface area contributed by atoms with Crippen LogP contribution in [0.4, 0.5) is 0 Å². The number of benzene rings is 2. The highest BCUT2D eigenvalue weighted by Gasteiger charge is 2.07. The fraction of sp³-hybridized carbons (Fsp3) is 0.0714. The summed E-state index contributed by atoms with van der Waals surface area (Å²) in [6, 6.07) is 18.5. The van der Waals surface area contributed by atoms with Crippen LogP contribution in [0.3, 0.4) is 0 Å². The van der Waals surface area contributed by atoms with Gasteiger partial charge in [0.05, 0.1) is 16.8 Å². The van der Waals surface area contributed by atoms with Gasteiger partial charge in [0.15, 0.2) is 4.80 Å². The van der Waals surface area contributed by atoms with E-state index in [0.717, 1.165) is 16.9 Å². The lowest BCUT2D eigenvalue weighted by atomic mass is 10.2. The highest BCUT2D eigenvalue weighted by molar-refractivity contribution is 8.02. The van der Waals surface area contributed by atoms with E-state index < -0.39 is 6.78 Å². The first kappa shape index (κ1) is 14.1. The van der Waals surface area contributed by atoms with Crippen LogP contribution < -0.4 is 4.80 Å². The van der Waals surface area contributed by atoms with Crippen LogP contribution in [0.5, 0.6) is 0 Å². The first-order valence-corrected chi connectivity index (χ1v) is 9.95. The summed E-state index contributed by atoms with van der Waals surface area (Å²) in [4.78, 5) is 0.867. The third kappa shape index (κ3) is 3.07. The number of nitrogens with zero attached hydrogens (tertiary/aromatic N) is 2. The minimum Gasteiger partial charge on any atom is -0.312 e. The van der Waals surface area contributed by atoms with Crippen LogP contribution in [0, 0.1) is 0 Å². The molecule has 0 amide bonds. The van der Waals surface area contributed by atoms with E-state index in [4.69, 9.17) is 22.5 Å². The van der Waals surface area contributed by atoms with Crippen LogP contribution in [0.2, 0.25) is 0 Å². The van der Waals surface area contributed by atoms with Crippen molar-refractivity contribution >= 4 is 50.8 Å². The summed E-state index contributed by atoms with van der Waals surface area (Å²) in [7, 11) is 0. The van der Waals surface area contributed by atoms with Crippen LogP contribution in [-0.4, -0.2) is 4.57 Å². The predicted molar refractivity (Wildman–Crippen MR) is 89.5 cm³/mol. The third-order valence-corrected chi connectivity index (χ3v) is 4.92. The van der Waals surface area contributed by atoms with Gasteiger partial charge in [-0.3, -0.25) is 0 Å². The molecule has 0 spiro atoms. The molecule has 2 nitrogen and oxygen atoms in total. The molecule has 3 rings (SSSR count). The second kappa shape index (κ2) is 6.28. The molecule has 3 aromatic rings. The minimum absolute atomic E-state index is 0.765. The molecule has 0 radical (unpaired) electrons. The Morgan fingerprint density at radius 1 is 1.00 bits per heavy atom. The highest BCUT2D eigenvalue weighted by Crippen LogP contribution is 2.47. The molecule has 0 aliphatic rings. The first-order chi connectivity index (χ1) is 9.74.